The zero-order valence-electron chi connectivity index (χ0n) is 16.4. The molecule has 1 aromatic rings. The third kappa shape index (κ3) is 5.85. The largest absolute Gasteiger partial charge is 0.492 e. The number of nitrogens with one attached hydrogen (secondary N) is 2. The molecule has 3 unspecified atom stereocenters. The minimum Gasteiger partial charge on any atom is -0.492 e. The summed E-state index contributed by atoms with van der Waals surface area (Å²) in [6.07, 6.45) is 3.88. The molecule has 4 nitrogen and oxygen atoms in total. The van der Waals surface area contributed by atoms with Gasteiger partial charge in [0.1, 0.15) is 12.4 Å². The normalized spacial score (nSPS) is 26.3. The summed E-state index contributed by atoms with van der Waals surface area (Å²) in [5, 5.41) is 7.34. The summed E-state index contributed by atoms with van der Waals surface area (Å²) in [7, 11) is 0. The molecule has 2 N–H and O–H groups in total. The molecule has 3 atom stereocenters. The number of hydrogen-bond donors (Lipinski definition) is 2. The third-order valence-electron chi connectivity index (χ3n) is 5.53. The first-order valence-corrected chi connectivity index (χ1v) is 9.82. The molecule has 0 amide bonds. The molecule has 5 heteroatoms. The van der Waals surface area contributed by atoms with Gasteiger partial charge in [0.2, 0.25) is 0 Å². The van der Waals surface area contributed by atoms with Gasteiger partial charge >= 0.3 is 0 Å². The molecular weight excluding hydrogens is 348 g/mol. The first-order valence-electron chi connectivity index (χ1n) is 9.82. The molecule has 2 aliphatic rings. The van der Waals surface area contributed by atoms with Crippen LogP contribution in [0, 0.1) is 5.92 Å². The van der Waals surface area contributed by atoms with Crippen LogP contribution in [0.25, 0.3) is 0 Å². The summed E-state index contributed by atoms with van der Waals surface area (Å²) >= 11 is 0. The Bertz CT molecular complexity index is 524. The molecule has 1 saturated heterocycles. The van der Waals surface area contributed by atoms with Crippen LogP contribution in [0.1, 0.15) is 45.6 Å². The van der Waals surface area contributed by atoms with Gasteiger partial charge < -0.3 is 20.1 Å². The Morgan fingerprint density at radius 2 is 1.96 bits per heavy atom. The second kappa shape index (κ2) is 9.93. The summed E-state index contributed by atoms with van der Waals surface area (Å²) in [6, 6.07) is 9.62. The first-order chi connectivity index (χ1) is 12.0. The molecule has 0 bridgehead atoms. The second-order valence-corrected chi connectivity index (χ2v) is 8.41. The molecule has 148 valence electrons. The highest BCUT2D eigenvalue weighted by Crippen LogP contribution is 2.29. The van der Waals surface area contributed by atoms with Crippen molar-refractivity contribution in [1.82, 2.24) is 10.6 Å². The zero-order chi connectivity index (χ0) is 17.7. The first kappa shape index (κ1) is 21.5. The molecule has 2 fully saturated rings. The predicted octanol–water partition coefficient (Wildman–Crippen LogP) is 3.53. The molecule has 26 heavy (non-hydrogen) atoms. The van der Waals surface area contributed by atoms with Gasteiger partial charge in [0.15, 0.2) is 0 Å². The summed E-state index contributed by atoms with van der Waals surface area (Å²) in [5.74, 6) is 1.64. The van der Waals surface area contributed by atoms with Gasteiger partial charge in [-0.2, -0.15) is 0 Å². The molecule has 0 aromatic heterocycles. The Morgan fingerprint density at radius 3 is 2.62 bits per heavy atom. The van der Waals surface area contributed by atoms with Crippen molar-refractivity contribution in [3.05, 3.63) is 29.8 Å². The van der Waals surface area contributed by atoms with E-state index in [1.54, 1.807) is 0 Å². The highest BCUT2D eigenvalue weighted by atomic mass is 35.5. The molecule has 1 aromatic carbocycles. The Morgan fingerprint density at radius 1 is 1.19 bits per heavy atom. The molecule has 1 saturated carbocycles. The monoisotopic (exact) mass is 382 g/mol. The van der Waals surface area contributed by atoms with E-state index in [2.05, 4.69) is 55.7 Å². The van der Waals surface area contributed by atoms with Gasteiger partial charge in [0.05, 0.1) is 13.2 Å². The average Bonchev–Trinajstić information content (AvgIpc) is 3.08. The molecule has 0 radical (unpaired) electrons. The lowest BCUT2D eigenvalue weighted by molar-refractivity contribution is 0.0523. The van der Waals surface area contributed by atoms with E-state index in [1.165, 1.54) is 24.8 Å². The third-order valence-corrected chi connectivity index (χ3v) is 5.53. The Hall–Kier alpha value is -0.810. The second-order valence-electron chi connectivity index (χ2n) is 8.41. The lowest BCUT2D eigenvalue weighted by Crippen LogP contribution is -2.51. The maximum absolute atomic E-state index is 5.91. The van der Waals surface area contributed by atoms with Crippen LogP contribution < -0.4 is 15.4 Å². The standard InChI is InChI=1S/C21H34N2O2.ClH/c1-21(2,3)16-7-9-17(10-8-16)25-14-12-22-19-6-4-5-18(19)20-15-24-13-11-23-20;/h7-10,18-20,22-23H,4-6,11-15H2,1-3H3;1H. The molecule has 1 heterocycles. The van der Waals surface area contributed by atoms with Crippen LogP contribution in [-0.4, -0.2) is 45.0 Å². The van der Waals surface area contributed by atoms with Gasteiger partial charge in [-0.05, 0) is 41.9 Å². The molecule has 1 aliphatic carbocycles. The smallest absolute Gasteiger partial charge is 0.119 e. The van der Waals surface area contributed by atoms with Crippen LogP contribution >= 0.6 is 12.4 Å². The lowest BCUT2D eigenvalue weighted by atomic mass is 9.87. The Labute approximate surface area is 164 Å². The summed E-state index contributed by atoms with van der Waals surface area (Å²) < 4.78 is 11.6. The van der Waals surface area contributed by atoms with Crippen molar-refractivity contribution in [2.75, 3.05) is 32.9 Å². The topological polar surface area (TPSA) is 42.5 Å². The van der Waals surface area contributed by atoms with Gasteiger partial charge in [-0.15, -0.1) is 12.4 Å². The van der Waals surface area contributed by atoms with Crippen molar-refractivity contribution in [2.45, 2.75) is 57.5 Å². The quantitative estimate of drug-likeness (QED) is 0.738. The number of ether oxygens (including phenoxy) is 2. The van der Waals surface area contributed by atoms with Crippen molar-refractivity contribution in [3.63, 3.8) is 0 Å². The van der Waals surface area contributed by atoms with Gasteiger partial charge in [-0.25, -0.2) is 0 Å². The van der Waals surface area contributed by atoms with E-state index in [-0.39, 0.29) is 17.8 Å². The summed E-state index contributed by atoms with van der Waals surface area (Å²) in [5.41, 5.74) is 1.53. The summed E-state index contributed by atoms with van der Waals surface area (Å²) in [4.78, 5) is 0. The van der Waals surface area contributed by atoms with Crippen LogP contribution in [0.4, 0.5) is 0 Å². The van der Waals surface area contributed by atoms with Crippen molar-refractivity contribution in [2.24, 2.45) is 5.92 Å². The van der Waals surface area contributed by atoms with E-state index in [9.17, 15) is 0 Å². The number of halogens is 1. The van der Waals surface area contributed by atoms with Crippen molar-refractivity contribution >= 4 is 12.4 Å². The fraction of sp³-hybridized carbons (Fsp3) is 0.714. The minimum absolute atomic E-state index is 0. The number of benzene rings is 1. The Kier molecular flexibility index (Phi) is 8.21. The van der Waals surface area contributed by atoms with E-state index in [1.807, 2.05) is 0 Å². The maximum atomic E-state index is 5.91. The lowest BCUT2D eigenvalue weighted by Gasteiger charge is -2.33. The zero-order valence-corrected chi connectivity index (χ0v) is 17.2. The SMILES string of the molecule is CC(C)(C)c1ccc(OCCNC2CCCC2C2COCCN2)cc1.Cl. The van der Waals surface area contributed by atoms with Crippen LogP contribution in [-0.2, 0) is 10.2 Å². The van der Waals surface area contributed by atoms with Gasteiger partial charge in [-0.1, -0.05) is 39.3 Å². The van der Waals surface area contributed by atoms with E-state index in [4.69, 9.17) is 9.47 Å². The molecule has 1 aliphatic heterocycles. The predicted molar refractivity (Wildman–Crippen MR) is 110 cm³/mol. The fourth-order valence-electron chi connectivity index (χ4n) is 4.05. The van der Waals surface area contributed by atoms with Gasteiger partial charge in [0, 0.05) is 25.2 Å². The molecule has 3 rings (SSSR count). The van der Waals surface area contributed by atoms with Gasteiger partial charge in [-0.3, -0.25) is 0 Å². The summed E-state index contributed by atoms with van der Waals surface area (Å²) in [6.45, 7) is 11.0. The minimum atomic E-state index is 0. The van der Waals surface area contributed by atoms with E-state index >= 15 is 0 Å². The van der Waals surface area contributed by atoms with E-state index in [0.717, 1.165) is 32.1 Å². The maximum Gasteiger partial charge on any atom is 0.119 e. The highest BCUT2D eigenvalue weighted by Gasteiger charge is 2.34. The Balaban J connectivity index is 0.00000243. The molecule has 0 spiro atoms. The van der Waals surface area contributed by atoms with E-state index < -0.39 is 0 Å². The van der Waals surface area contributed by atoms with Crippen molar-refractivity contribution in [3.8, 4) is 5.75 Å². The van der Waals surface area contributed by atoms with Crippen LogP contribution in [0.3, 0.4) is 0 Å². The van der Waals surface area contributed by atoms with Crippen LogP contribution in [0.2, 0.25) is 0 Å². The molecular formula is C21H35ClN2O2. The van der Waals surface area contributed by atoms with Crippen molar-refractivity contribution < 1.29 is 9.47 Å². The van der Waals surface area contributed by atoms with Crippen LogP contribution in [0.15, 0.2) is 24.3 Å². The fourth-order valence-corrected chi connectivity index (χ4v) is 4.05. The number of hydrogen-bond acceptors (Lipinski definition) is 4. The van der Waals surface area contributed by atoms with E-state index in [0.29, 0.717) is 24.6 Å². The number of rotatable bonds is 6. The average molecular weight is 383 g/mol. The number of morpholine rings is 1. The van der Waals surface area contributed by atoms with Crippen molar-refractivity contribution in [1.29, 1.82) is 0 Å². The highest BCUT2D eigenvalue weighted by molar-refractivity contribution is 5.85. The van der Waals surface area contributed by atoms with Gasteiger partial charge in [0.25, 0.3) is 0 Å². The van der Waals surface area contributed by atoms with Crippen LogP contribution in [0.5, 0.6) is 5.75 Å².